The van der Waals surface area contributed by atoms with Crippen molar-refractivity contribution < 1.29 is 9.53 Å². The van der Waals surface area contributed by atoms with Crippen LogP contribution in [0.3, 0.4) is 0 Å². The van der Waals surface area contributed by atoms with Crippen molar-refractivity contribution in [3.05, 3.63) is 24.4 Å². The van der Waals surface area contributed by atoms with Crippen LogP contribution in [0.5, 0.6) is 0 Å². The second-order valence-corrected chi connectivity index (χ2v) is 2.25. The summed E-state index contributed by atoms with van der Waals surface area (Å²) >= 11 is 0. The number of carbonyl (C=O) groups is 1. The zero-order valence-electron chi connectivity index (χ0n) is 7.59. The smallest absolute Gasteiger partial charge is 0.332 e. The molecular formula is C9H15NO2. The van der Waals surface area contributed by atoms with E-state index < -0.39 is 0 Å². The number of nitrogens with one attached hydrogen (secondary N) is 1. The van der Waals surface area contributed by atoms with Crippen LogP contribution in [-0.2, 0) is 9.53 Å². The summed E-state index contributed by atoms with van der Waals surface area (Å²) in [5, 5.41) is 2.96. The van der Waals surface area contributed by atoms with E-state index in [-0.39, 0.29) is 5.97 Å². The van der Waals surface area contributed by atoms with Crippen LogP contribution >= 0.6 is 0 Å². The maximum atomic E-state index is 10.9. The molecule has 0 amide bonds. The average molecular weight is 169 g/mol. The molecule has 0 radical (unpaired) electrons. The van der Waals surface area contributed by atoms with Gasteiger partial charge in [0.1, 0.15) is 0 Å². The van der Waals surface area contributed by atoms with Crippen LogP contribution in [-0.4, -0.2) is 19.1 Å². The topological polar surface area (TPSA) is 38.3 Å². The zero-order valence-corrected chi connectivity index (χ0v) is 7.59. The van der Waals surface area contributed by atoms with E-state index >= 15 is 0 Å². The van der Waals surface area contributed by atoms with E-state index in [0.717, 1.165) is 5.70 Å². The molecule has 3 nitrogen and oxygen atoms in total. The van der Waals surface area contributed by atoms with E-state index in [1.165, 1.54) is 6.08 Å². The molecule has 3 heteroatoms. The average Bonchev–Trinajstić information content (AvgIpc) is 2.01. The summed E-state index contributed by atoms with van der Waals surface area (Å²) in [5.41, 5.74) is 0.786. The molecule has 0 heterocycles. The molecule has 68 valence electrons. The Morgan fingerprint density at radius 2 is 2.33 bits per heavy atom. The highest BCUT2D eigenvalue weighted by atomic mass is 16.5. The minimum atomic E-state index is -0.313. The maximum absolute atomic E-state index is 10.9. The molecule has 0 fully saturated rings. The third kappa shape index (κ3) is 5.53. The molecule has 0 aromatic rings. The number of rotatable bonds is 5. The zero-order chi connectivity index (χ0) is 9.40. The summed E-state index contributed by atoms with van der Waals surface area (Å²) in [7, 11) is 0. The molecule has 0 aliphatic heterocycles. The summed E-state index contributed by atoms with van der Waals surface area (Å²) < 4.78 is 4.71. The van der Waals surface area contributed by atoms with Gasteiger partial charge in [0.25, 0.3) is 0 Å². The van der Waals surface area contributed by atoms with Crippen LogP contribution in [0.25, 0.3) is 0 Å². The minimum Gasteiger partial charge on any atom is -0.463 e. The Bertz CT molecular complexity index is 185. The Morgan fingerprint density at radius 1 is 1.67 bits per heavy atom. The standard InChI is InChI=1S/C9H15NO2/c1-4-6-10-8(3)7-9(11)12-5-2/h4,7,10H,1,5-6H2,2-3H3/b8-7+. The van der Waals surface area contributed by atoms with Gasteiger partial charge >= 0.3 is 5.97 Å². The summed E-state index contributed by atoms with van der Waals surface area (Å²) in [4.78, 5) is 10.9. The van der Waals surface area contributed by atoms with Crippen molar-refractivity contribution in [2.75, 3.05) is 13.2 Å². The minimum absolute atomic E-state index is 0.313. The normalized spacial score (nSPS) is 10.7. The molecular weight excluding hydrogens is 154 g/mol. The van der Waals surface area contributed by atoms with E-state index in [2.05, 4.69) is 11.9 Å². The second kappa shape index (κ2) is 6.46. The van der Waals surface area contributed by atoms with Gasteiger partial charge in [-0.05, 0) is 13.8 Å². The van der Waals surface area contributed by atoms with Gasteiger partial charge in [-0.3, -0.25) is 0 Å². The molecule has 0 aliphatic rings. The Labute approximate surface area is 73.1 Å². The van der Waals surface area contributed by atoms with E-state index in [9.17, 15) is 4.79 Å². The predicted octanol–water partition coefficient (Wildman–Crippen LogP) is 1.23. The summed E-state index contributed by atoms with van der Waals surface area (Å²) in [6.07, 6.45) is 3.15. The Kier molecular flexibility index (Phi) is 5.79. The largest absolute Gasteiger partial charge is 0.463 e. The SMILES string of the molecule is C=CCN/C(C)=C/C(=O)OCC. The van der Waals surface area contributed by atoms with Crippen LogP contribution in [0.4, 0.5) is 0 Å². The molecule has 0 saturated heterocycles. The highest BCUT2D eigenvalue weighted by Gasteiger charge is 1.95. The van der Waals surface area contributed by atoms with E-state index in [0.29, 0.717) is 13.2 Å². The lowest BCUT2D eigenvalue weighted by atomic mass is 10.4. The first-order chi connectivity index (χ1) is 5.70. The lowest BCUT2D eigenvalue weighted by Gasteiger charge is -2.02. The molecule has 0 unspecified atom stereocenters. The van der Waals surface area contributed by atoms with Gasteiger partial charge in [0, 0.05) is 18.3 Å². The van der Waals surface area contributed by atoms with Gasteiger partial charge in [0.2, 0.25) is 0 Å². The van der Waals surface area contributed by atoms with Gasteiger partial charge in [-0.2, -0.15) is 0 Å². The Hall–Kier alpha value is -1.25. The lowest BCUT2D eigenvalue weighted by Crippen LogP contribution is -2.12. The molecule has 1 N–H and O–H groups in total. The van der Waals surface area contributed by atoms with Crippen LogP contribution in [0.15, 0.2) is 24.4 Å². The molecule has 0 aromatic heterocycles. The van der Waals surface area contributed by atoms with Crippen LogP contribution < -0.4 is 5.32 Å². The van der Waals surface area contributed by atoms with Crippen LogP contribution in [0, 0.1) is 0 Å². The van der Waals surface area contributed by atoms with Gasteiger partial charge in [0.15, 0.2) is 0 Å². The molecule has 0 aliphatic carbocycles. The summed E-state index contributed by atoms with van der Waals surface area (Å²) in [6.45, 7) is 8.19. The summed E-state index contributed by atoms with van der Waals surface area (Å²) in [6, 6.07) is 0. The molecule has 0 saturated carbocycles. The summed E-state index contributed by atoms with van der Waals surface area (Å²) in [5.74, 6) is -0.313. The van der Waals surface area contributed by atoms with E-state index in [1.54, 1.807) is 19.9 Å². The first-order valence-electron chi connectivity index (χ1n) is 3.90. The number of carbonyl (C=O) groups excluding carboxylic acids is 1. The highest BCUT2D eigenvalue weighted by molar-refractivity contribution is 5.82. The van der Waals surface area contributed by atoms with Crippen LogP contribution in [0.1, 0.15) is 13.8 Å². The number of hydrogen-bond acceptors (Lipinski definition) is 3. The molecule has 0 bridgehead atoms. The quantitative estimate of drug-likeness (QED) is 0.382. The first-order valence-corrected chi connectivity index (χ1v) is 3.90. The van der Waals surface area contributed by atoms with Crippen molar-refractivity contribution in [2.24, 2.45) is 0 Å². The van der Waals surface area contributed by atoms with Crippen molar-refractivity contribution in [1.82, 2.24) is 5.32 Å². The van der Waals surface area contributed by atoms with Gasteiger partial charge in [-0.1, -0.05) is 6.08 Å². The van der Waals surface area contributed by atoms with Gasteiger partial charge in [0.05, 0.1) is 6.61 Å². The van der Waals surface area contributed by atoms with Crippen LogP contribution in [0.2, 0.25) is 0 Å². The third-order valence-corrected chi connectivity index (χ3v) is 1.15. The molecule has 0 atom stereocenters. The Balaban J connectivity index is 3.80. The number of allylic oxidation sites excluding steroid dienone is 1. The fraction of sp³-hybridized carbons (Fsp3) is 0.444. The Morgan fingerprint density at radius 3 is 2.83 bits per heavy atom. The molecule has 12 heavy (non-hydrogen) atoms. The van der Waals surface area contributed by atoms with Gasteiger partial charge < -0.3 is 10.1 Å². The van der Waals surface area contributed by atoms with Crippen molar-refractivity contribution in [3.8, 4) is 0 Å². The maximum Gasteiger partial charge on any atom is 0.332 e. The fourth-order valence-electron chi connectivity index (χ4n) is 0.645. The lowest BCUT2D eigenvalue weighted by molar-refractivity contribution is -0.137. The number of hydrogen-bond donors (Lipinski definition) is 1. The van der Waals surface area contributed by atoms with Crippen molar-refractivity contribution in [3.63, 3.8) is 0 Å². The highest BCUT2D eigenvalue weighted by Crippen LogP contribution is 1.88. The molecule has 0 aromatic carbocycles. The van der Waals surface area contributed by atoms with Gasteiger partial charge in [-0.25, -0.2) is 4.79 Å². The fourth-order valence-corrected chi connectivity index (χ4v) is 0.645. The monoisotopic (exact) mass is 169 g/mol. The number of esters is 1. The van der Waals surface area contributed by atoms with E-state index in [4.69, 9.17) is 4.74 Å². The first kappa shape index (κ1) is 10.8. The third-order valence-electron chi connectivity index (χ3n) is 1.15. The molecule has 0 rings (SSSR count). The number of ether oxygens (including phenoxy) is 1. The predicted molar refractivity (Wildman–Crippen MR) is 48.6 cm³/mol. The van der Waals surface area contributed by atoms with Gasteiger partial charge in [-0.15, -0.1) is 6.58 Å². The molecule has 0 spiro atoms. The van der Waals surface area contributed by atoms with Crippen molar-refractivity contribution in [1.29, 1.82) is 0 Å². The van der Waals surface area contributed by atoms with E-state index in [1.807, 2.05) is 0 Å². The second-order valence-electron chi connectivity index (χ2n) is 2.25. The van der Waals surface area contributed by atoms with Crippen molar-refractivity contribution in [2.45, 2.75) is 13.8 Å². The van der Waals surface area contributed by atoms with Crippen molar-refractivity contribution >= 4 is 5.97 Å².